The first-order valence-electron chi connectivity index (χ1n) is 7.15. The van der Waals surface area contributed by atoms with Crippen molar-refractivity contribution < 1.29 is 5.11 Å². The van der Waals surface area contributed by atoms with Gasteiger partial charge in [0.25, 0.3) is 0 Å². The maximum Gasteiger partial charge on any atom is 0.0794 e. The number of hydrogen-bond acceptors (Lipinski definition) is 1. The summed E-state index contributed by atoms with van der Waals surface area (Å²) in [5, 5.41) is 14.4. The third-order valence-corrected chi connectivity index (χ3v) is 5.73. The highest BCUT2D eigenvalue weighted by molar-refractivity contribution is 6.89. The molecule has 0 heterocycles. The van der Waals surface area contributed by atoms with Gasteiger partial charge < -0.3 is 5.11 Å². The standard InChI is InChI=1S/C17H24OSi/c1-5-8-15(18)17-14-10-7-6-9-13(14)11-12-16(17)19(2,3)4/h6-7,9-12,15,18H,5,8H2,1-4H3. The van der Waals surface area contributed by atoms with E-state index in [1.165, 1.54) is 21.5 Å². The second-order valence-electron chi connectivity index (χ2n) is 6.30. The predicted octanol–water partition coefficient (Wildman–Crippen LogP) is 4.22. The van der Waals surface area contributed by atoms with Crippen LogP contribution in [-0.4, -0.2) is 13.2 Å². The highest BCUT2D eigenvalue weighted by Gasteiger charge is 2.24. The molecule has 2 heteroatoms. The van der Waals surface area contributed by atoms with Gasteiger partial charge in [0.2, 0.25) is 0 Å². The van der Waals surface area contributed by atoms with Crippen molar-refractivity contribution >= 4 is 24.0 Å². The lowest BCUT2D eigenvalue weighted by molar-refractivity contribution is 0.169. The molecule has 1 nitrogen and oxygen atoms in total. The Morgan fingerprint density at radius 2 is 1.74 bits per heavy atom. The second kappa shape index (κ2) is 5.47. The Balaban J connectivity index is 2.72. The van der Waals surface area contributed by atoms with Gasteiger partial charge in [-0.2, -0.15) is 0 Å². The molecule has 0 aliphatic carbocycles. The van der Waals surface area contributed by atoms with Crippen LogP contribution in [-0.2, 0) is 0 Å². The average molecular weight is 272 g/mol. The van der Waals surface area contributed by atoms with E-state index in [0.29, 0.717) is 0 Å². The third kappa shape index (κ3) is 2.90. The lowest BCUT2D eigenvalue weighted by Gasteiger charge is -2.25. The number of rotatable bonds is 4. The predicted molar refractivity (Wildman–Crippen MR) is 86.8 cm³/mol. The van der Waals surface area contributed by atoms with Crippen LogP contribution in [0.1, 0.15) is 31.4 Å². The topological polar surface area (TPSA) is 20.2 Å². The number of aliphatic hydroxyl groups excluding tert-OH is 1. The molecule has 1 N–H and O–H groups in total. The summed E-state index contributed by atoms with van der Waals surface area (Å²) in [5.41, 5.74) is 1.18. The number of aliphatic hydroxyl groups is 1. The van der Waals surface area contributed by atoms with Gasteiger partial charge in [-0.05, 0) is 22.8 Å². The van der Waals surface area contributed by atoms with Gasteiger partial charge in [-0.3, -0.25) is 0 Å². The first-order valence-corrected chi connectivity index (χ1v) is 10.7. The van der Waals surface area contributed by atoms with Crippen LogP contribution in [0.15, 0.2) is 36.4 Å². The highest BCUT2D eigenvalue weighted by Crippen LogP contribution is 2.27. The Kier molecular flexibility index (Phi) is 4.12. The Morgan fingerprint density at radius 1 is 1.05 bits per heavy atom. The molecule has 0 saturated carbocycles. The molecule has 0 spiro atoms. The molecule has 0 aromatic heterocycles. The minimum absolute atomic E-state index is 0.335. The van der Waals surface area contributed by atoms with Crippen molar-refractivity contribution in [1.29, 1.82) is 0 Å². The summed E-state index contributed by atoms with van der Waals surface area (Å²) in [6.45, 7) is 9.17. The lowest BCUT2D eigenvalue weighted by atomic mass is 9.98. The summed E-state index contributed by atoms with van der Waals surface area (Å²) in [5.74, 6) is 0. The van der Waals surface area contributed by atoms with Crippen molar-refractivity contribution in [3.05, 3.63) is 42.0 Å². The molecule has 0 saturated heterocycles. The van der Waals surface area contributed by atoms with Gasteiger partial charge in [0, 0.05) is 0 Å². The fraction of sp³-hybridized carbons (Fsp3) is 0.412. The van der Waals surface area contributed by atoms with E-state index in [9.17, 15) is 5.11 Å². The zero-order chi connectivity index (χ0) is 14.0. The van der Waals surface area contributed by atoms with Crippen molar-refractivity contribution in [1.82, 2.24) is 0 Å². The Labute approximate surface area is 117 Å². The van der Waals surface area contributed by atoms with Crippen molar-refractivity contribution in [3.63, 3.8) is 0 Å². The largest absolute Gasteiger partial charge is 0.388 e. The van der Waals surface area contributed by atoms with Gasteiger partial charge in [-0.1, -0.05) is 74.6 Å². The van der Waals surface area contributed by atoms with Crippen molar-refractivity contribution in [3.8, 4) is 0 Å². The van der Waals surface area contributed by atoms with E-state index in [2.05, 4.69) is 63.0 Å². The van der Waals surface area contributed by atoms with Crippen LogP contribution in [0.2, 0.25) is 19.6 Å². The smallest absolute Gasteiger partial charge is 0.0794 e. The van der Waals surface area contributed by atoms with Crippen LogP contribution in [0, 0.1) is 0 Å². The number of fused-ring (bicyclic) bond motifs is 1. The highest BCUT2D eigenvalue weighted by atomic mass is 28.3. The summed E-state index contributed by atoms with van der Waals surface area (Å²) in [6.07, 6.45) is 1.51. The molecule has 19 heavy (non-hydrogen) atoms. The first-order chi connectivity index (χ1) is 8.95. The molecule has 2 aromatic rings. The Hall–Kier alpha value is -1.12. The van der Waals surface area contributed by atoms with E-state index in [4.69, 9.17) is 0 Å². The Bertz CT molecular complexity index is 569. The fourth-order valence-corrected chi connectivity index (χ4v) is 4.42. The molecule has 1 unspecified atom stereocenters. The normalized spacial score (nSPS) is 13.7. The molecule has 0 fully saturated rings. The summed E-state index contributed by atoms with van der Waals surface area (Å²) in [6, 6.07) is 12.8. The lowest BCUT2D eigenvalue weighted by Crippen LogP contribution is -2.41. The van der Waals surface area contributed by atoms with Crippen LogP contribution in [0.3, 0.4) is 0 Å². The minimum atomic E-state index is -1.45. The maximum atomic E-state index is 10.6. The van der Waals surface area contributed by atoms with Crippen molar-refractivity contribution in [2.75, 3.05) is 0 Å². The molecule has 2 rings (SSSR count). The van der Waals surface area contributed by atoms with Gasteiger partial charge >= 0.3 is 0 Å². The molecule has 1 atom stereocenters. The van der Waals surface area contributed by atoms with E-state index in [0.717, 1.165) is 12.8 Å². The van der Waals surface area contributed by atoms with Crippen LogP contribution in [0.5, 0.6) is 0 Å². The Morgan fingerprint density at radius 3 is 2.37 bits per heavy atom. The van der Waals surface area contributed by atoms with E-state index in [1.807, 2.05) is 0 Å². The monoisotopic (exact) mass is 272 g/mol. The number of hydrogen-bond donors (Lipinski definition) is 1. The third-order valence-electron chi connectivity index (χ3n) is 3.67. The number of benzene rings is 2. The second-order valence-corrected chi connectivity index (χ2v) is 11.3. The first kappa shape index (κ1) is 14.3. The van der Waals surface area contributed by atoms with Gasteiger partial charge in [0.1, 0.15) is 0 Å². The molecule has 0 aliphatic rings. The van der Waals surface area contributed by atoms with E-state index in [-0.39, 0.29) is 6.10 Å². The van der Waals surface area contributed by atoms with Crippen LogP contribution in [0.25, 0.3) is 10.8 Å². The molecule has 2 aromatic carbocycles. The summed E-state index contributed by atoms with van der Waals surface area (Å²) >= 11 is 0. The quantitative estimate of drug-likeness (QED) is 0.826. The van der Waals surface area contributed by atoms with Crippen molar-refractivity contribution in [2.45, 2.75) is 45.5 Å². The van der Waals surface area contributed by atoms with Crippen LogP contribution in [0.4, 0.5) is 0 Å². The zero-order valence-electron chi connectivity index (χ0n) is 12.4. The molecular weight excluding hydrogens is 248 g/mol. The van der Waals surface area contributed by atoms with E-state index < -0.39 is 8.07 Å². The fourth-order valence-electron chi connectivity index (χ4n) is 2.73. The maximum absolute atomic E-state index is 10.6. The minimum Gasteiger partial charge on any atom is -0.388 e. The SMILES string of the molecule is CCCC(O)c1c([Si](C)(C)C)ccc2ccccc12. The molecular formula is C17H24OSi. The molecule has 0 radical (unpaired) electrons. The average Bonchev–Trinajstić information content (AvgIpc) is 2.36. The molecule has 0 bridgehead atoms. The summed E-state index contributed by atoms with van der Waals surface area (Å²) in [7, 11) is -1.45. The van der Waals surface area contributed by atoms with Gasteiger partial charge in [-0.25, -0.2) is 0 Å². The van der Waals surface area contributed by atoms with Crippen LogP contribution < -0.4 is 5.19 Å². The van der Waals surface area contributed by atoms with Gasteiger partial charge in [0.15, 0.2) is 0 Å². The molecule has 102 valence electrons. The summed E-state index contributed by atoms with van der Waals surface area (Å²) < 4.78 is 0. The van der Waals surface area contributed by atoms with Gasteiger partial charge in [-0.15, -0.1) is 0 Å². The van der Waals surface area contributed by atoms with E-state index >= 15 is 0 Å². The molecule has 0 amide bonds. The van der Waals surface area contributed by atoms with E-state index in [1.54, 1.807) is 0 Å². The molecule has 0 aliphatic heterocycles. The zero-order valence-corrected chi connectivity index (χ0v) is 13.4. The van der Waals surface area contributed by atoms with Crippen LogP contribution >= 0.6 is 0 Å². The van der Waals surface area contributed by atoms with Gasteiger partial charge in [0.05, 0.1) is 14.2 Å². The summed E-state index contributed by atoms with van der Waals surface area (Å²) in [4.78, 5) is 0. The van der Waals surface area contributed by atoms with Crippen molar-refractivity contribution in [2.24, 2.45) is 0 Å².